The average molecular weight is 398 g/mol. The number of thiocarbonyl (C=S) groups is 1. The zero-order valence-electron chi connectivity index (χ0n) is 15.5. The summed E-state index contributed by atoms with van der Waals surface area (Å²) in [7, 11) is -0.964. The molecular formula is C18H27N3O3S2. The molecule has 8 heteroatoms. The minimum absolute atomic E-state index is 0.142. The molecule has 1 amide bonds. The molecule has 0 saturated heterocycles. The zero-order valence-corrected chi connectivity index (χ0v) is 17.2. The molecule has 2 N–H and O–H groups in total. The van der Waals surface area contributed by atoms with Gasteiger partial charge in [0, 0.05) is 7.05 Å². The van der Waals surface area contributed by atoms with E-state index in [1.54, 1.807) is 7.05 Å². The number of carbonyl (C=O) groups excluding carboxylic acids is 1. The molecule has 26 heavy (non-hydrogen) atoms. The van der Waals surface area contributed by atoms with Crippen LogP contribution in [0.1, 0.15) is 50.2 Å². The van der Waals surface area contributed by atoms with Crippen LogP contribution in [0, 0.1) is 6.92 Å². The first-order valence-corrected chi connectivity index (χ1v) is 10.2. The molecule has 1 unspecified atom stereocenters. The molecule has 1 aromatic carbocycles. The maximum Gasteiger partial charge on any atom is 0.311 e. The molecule has 6 nitrogen and oxygen atoms in total. The van der Waals surface area contributed by atoms with Gasteiger partial charge in [0.2, 0.25) is 5.91 Å². The second-order valence-corrected chi connectivity index (χ2v) is 7.40. The van der Waals surface area contributed by atoms with Gasteiger partial charge >= 0.3 is 10.5 Å². The molecule has 0 aliphatic heterocycles. The monoisotopic (exact) mass is 397 g/mol. The van der Waals surface area contributed by atoms with E-state index in [2.05, 4.69) is 21.9 Å². The van der Waals surface area contributed by atoms with Crippen molar-refractivity contribution in [3.63, 3.8) is 0 Å². The Bertz CT molecular complexity index is 737. The van der Waals surface area contributed by atoms with Crippen LogP contribution in [0.15, 0.2) is 28.6 Å². The van der Waals surface area contributed by atoms with Gasteiger partial charge in [0.15, 0.2) is 5.11 Å². The standard InChI is InChI=1S/C18H27N3O3S2/c1-4-5-6-7-12-18(13-20-26(23)24,16(22)21-17(25)19-3)15-10-8-14(2)9-11-15/h8-11H,4-7,12-13H2,1-3H3,(H2,19,21,22,25). The minimum Gasteiger partial charge on any atom is -0.365 e. The lowest BCUT2D eigenvalue weighted by Gasteiger charge is -2.31. The lowest BCUT2D eigenvalue weighted by atomic mass is 9.75. The van der Waals surface area contributed by atoms with Gasteiger partial charge in [-0.1, -0.05) is 62.4 Å². The molecule has 0 fully saturated rings. The third-order valence-corrected chi connectivity index (χ3v) is 5.04. The molecule has 144 valence electrons. The molecule has 0 saturated carbocycles. The van der Waals surface area contributed by atoms with Crippen molar-refractivity contribution in [2.75, 3.05) is 13.6 Å². The topological polar surface area (TPSA) is 87.6 Å². The molecule has 0 radical (unpaired) electrons. The van der Waals surface area contributed by atoms with Crippen molar-refractivity contribution in [3.05, 3.63) is 35.4 Å². The van der Waals surface area contributed by atoms with E-state index >= 15 is 0 Å². The first kappa shape index (κ1) is 22.2. The van der Waals surface area contributed by atoms with E-state index in [4.69, 9.17) is 12.2 Å². The van der Waals surface area contributed by atoms with Crippen molar-refractivity contribution in [2.24, 2.45) is 4.36 Å². The first-order chi connectivity index (χ1) is 12.4. The van der Waals surface area contributed by atoms with Gasteiger partial charge in [-0.2, -0.15) is 12.8 Å². The van der Waals surface area contributed by atoms with Crippen LogP contribution in [0.25, 0.3) is 0 Å². The average Bonchev–Trinajstić information content (AvgIpc) is 2.61. The Balaban J connectivity index is 3.33. The fourth-order valence-electron chi connectivity index (χ4n) is 2.81. The van der Waals surface area contributed by atoms with Gasteiger partial charge in [0.05, 0.1) is 12.0 Å². The maximum atomic E-state index is 13.1. The summed E-state index contributed by atoms with van der Waals surface area (Å²) in [6, 6.07) is 7.54. The van der Waals surface area contributed by atoms with Crippen molar-refractivity contribution < 1.29 is 13.2 Å². The highest BCUT2D eigenvalue weighted by molar-refractivity contribution is 7.80. The van der Waals surface area contributed by atoms with Crippen LogP contribution < -0.4 is 10.6 Å². The molecule has 0 heterocycles. The molecule has 1 aromatic rings. The third-order valence-electron chi connectivity index (χ3n) is 4.39. The Kier molecular flexibility index (Phi) is 9.43. The molecule has 0 aliphatic rings. The number of amides is 1. The summed E-state index contributed by atoms with van der Waals surface area (Å²) < 4.78 is 25.8. The van der Waals surface area contributed by atoms with Crippen LogP contribution in [0.5, 0.6) is 0 Å². The largest absolute Gasteiger partial charge is 0.365 e. The fraction of sp³-hybridized carbons (Fsp3) is 0.556. The Morgan fingerprint density at radius 2 is 1.85 bits per heavy atom. The number of nitrogens with zero attached hydrogens (tertiary/aromatic N) is 1. The molecule has 0 aromatic heterocycles. The van der Waals surface area contributed by atoms with Crippen LogP contribution in [0.2, 0.25) is 0 Å². The number of rotatable bonds is 9. The molecule has 0 bridgehead atoms. The van der Waals surface area contributed by atoms with Gasteiger partial charge in [-0.25, -0.2) is 0 Å². The van der Waals surface area contributed by atoms with Crippen molar-refractivity contribution in [1.29, 1.82) is 0 Å². The Morgan fingerprint density at radius 3 is 2.38 bits per heavy atom. The van der Waals surface area contributed by atoms with E-state index < -0.39 is 15.9 Å². The summed E-state index contributed by atoms with van der Waals surface area (Å²) in [4.78, 5) is 13.1. The molecule has 1 rings (SSSR count). The van der Waals surface area contributed by atoms with Gasteiger partial charge in [0.1, 0.15) is 0 Å². The van der Waals surface area contributed by atoms with Crippen LogP contribution in [-0.2, 0) is 20.7 Å². The molecule has 1 atom stereocenters. The Labute approximate surface area is 162 Å². The van der Waals surface area contributed by atoms with E-state index in [1.807, 2.05) is 31.2 Å². The van der Waals surface area contributed by atoms with Crippen LogP contribution >= 0.6 is 12.2 Å². The van der Waals surface area contributed by atoms with E-state index in [0.29, 0.717) is 6.42 Å². The number of unbranched alkanes of at least 4 members (excludes halogenated alkanes) is 3. The van der Waals surface area contributed by atoms with Gasteiger partial charge in [-0.3, -0.25) is 4.79 Å². The van der Waals surface area contributed by atoms with Gasteiger partial charge in [-0.15, -0.1) is 0 Å². The van der Waals surface area contributed by atoms with Crippen molar-refractivity contribution in [2.45, 2.75) is 51.4 Å². The highest BCUT2D eigenvalue weighted by atomic mass is 32.2. The van der Waals surface area contributed by atoms with Crippen molar-refractivity contribution >= 4 is 33.7 Å². The third kappa shape index (κ3) is 6.49. The number of aryl methyl sites for hydroxylation is 1. The lowest BCUT2D eigenvalue weighted by Crippen LogP contribution is -2.50. The van der Waals surface area contributed by atoms with E-state index in [0.717, 1.165) is 36.8 Å². The number of benzene rings is 1. The highest BCUT2D eigenvalue weighted by Crippen LogP contribution is 2.32. The molecule has 0 aliphatic carbocycles. The number of carbonyl (C=O) groups is 1. The summed E-state index contributed by atoms with van der Waals surface area (Å²) in [5.74, 6) is -0.341. The van der Waals surface area contributed by atoms with Crippen molar-refractivity contribution in [1.82, 2.24) is 10.6 Å². The quantitative estimate of drug-likeness (QED) is 0.494. The van der Waals surface area contributed by atoms with Gasteiger partial charge < -0.3 is 10.6 Å². The summed E-state index contributed by atoms with van der Waals surface area (Å²) >= 11 is 5.07. The van der Waals surface area contributed by atoms with Gasteiger partial charge in [-0.05, 0) is 31.1 Å². The summed E-state index contributed by atoms with van der Waals surface area (Å²) in [5.41, 5.74) is 0.719. The normalized spacial score (nSPS) is 12.7. The maximum absolute atomic E-state index is 13.1. The predicted octanol–water partition coefficient (Wildman–Crippen LogP) is 2.89. The Morgan fingerprint density at radius 1 is 1.19 bits per heavy atom. The Hall–Kier alpha value is -1.80. The smallest absolute Gasteiger partial charge is 0.311 e. The summed E-state index contributed by atoms with van der Waals surface area (Å²) in [6.07, 6.45) is 4.39. The fourth-order valence-corrected chi connectivity index (χ4v) is 3.22. The lowest BCUT2D eigenvalue weighted by molar-refractivity contribution is -0.125. The zero-order chi connectivity index (χ0) is 19.6. The summed E-state index contributed by atoms with van der Waals surface area (Å²) in [5, 5.41) is 5.58. The van der Waals surface area contributed by atoms with Gasteiger partial charge in [0.25, 0.3) is 0 Å². The first-order valence-electron chi connectivity index (χ1n) is 8.73. The number of nitrogens with one attached hydrogen (secondary N) is 2. The van der Waals surface area contributed by atoms with E-state index in [1.165, 1.54) is 0 Å². The number of hydrogen-bond acceptors (Lipinski definition) is 5. The molecular weight excluding hydrogens is 370 g/mol. The highest BCUT2D eigenvalue weighted by Gasteiger charge is 2.40. The summed E-state index contributed by atoms with van der Waals surface area (Å²) in [6.45, 7) is 3.93. The van der Waals surface area contributed by atoms with Crippen LogP contribution in [-0.4, -0.2) is 33.0 Å². The predicted molar refractivity (Wildman–Crippen MR) is 108 cm³/mol. The minimum atomic E-state index is -2.58. The SMILES string of the molecule is CCCCCCC(CN=S(=O)=O)(C(=O)NC(=S)NC)c1ccc(C)cc1. The van der Waals surface area contributed by atoms with Crippen LogP contribution in [0.4, 0.5) is 0 Å². The second kappa shape index (κ2) is 11.0. The second-order valence-electron chi connectivity index (χ2n) is 6.30. The molecule has 0 spiro atoms. The van der Waals surface area contributed by atoms with Crippen LogP contribution in [0.3, 0.4) is 0 Å². The van der Waals surface area contributed by atoms with E-state index in [9.17, 15) is 13.2 Å². The van der Waals surface area contributed by atoms with Crippen molar-refractivity contribution in [3.8, 4) is 0 Å². The van der Waals surface area contributed by atoms with E-state index in [-0.39, 0.29) is 17.6 Å². The number of hydrogen-bond donors (Lipinski definition) is 2.